The van der Waals surface area contributed by atoms with Crippen LogP contribution in [0.4, 0.5) is 0 Å². The molecule has 1 amide bonds. The molecule has 0 bridgehead atoms. The molecule has 21 heavy (non-hydrogen) atoms. The van der Waals surface area contributed by atoms with Gasteiger partial charge in [-0.05, 0) is 44.7 Å². The average molecular weight is 309 g/mol. The highest BCUT2D eigenvalue weighted by atomic mass is 35.5. The summed E-state index contributed by atoms with van der Waals surface area (Å²) in [5.74, 6) is 0.373. The molecule has 0 saturated carbocycles. The summed E-state index contributed by atoms with van der Waals surface area (Å²) in [5, 5.41) is 3.42. The maximum absolute atomic E-state index is 12.9. The molecule has 2 aliphatic heterocycles. The average Bonchev–Trinajstić information content (AvgIpc) is 2.45. The fourth-order valence-electron chi connectivity index (χ4n) is 3.70. The van der Waals surface area contributed by atoms with E-state index >= 15 is 0 Å². The number of rotatable bonds is 2. The molecule has 0 aromatic heterocycles. The van der Waals surface area contributed by atoms with Crippen LogP contribution in [0.5, 0.6) is 0 Å². The first-order valence-electron chi connectivity index (χ1n) is 7.75. The molecule has 1 N–H and O–H groups in total. The maximum Gasteiger partial charge on any atom is 0.230 e. The van der Waals surface area contributed by atoms with Crippen molar-refractivity contribution in [3.8, 4) is 0 Å². The monoisotopic (exact) mass is 308 g/mol. The van der Waals surface area contributed by atoms with Gasteiger partial charge in [0.2, 0.25) is 5.91 Å². The summed E-state index contributed by atoms with van der Waals surface area (Å²) < 4.78 is 0. The Morgan fingerprint density at radius 1 is 1.29 bits per heavy atom. The van der Waals surface area contributed by atoms with Crippen LogP contribution in [-0.4, -0.2) is 30.4 Å². The minimum Gasteiger partial charge on any atom is -0.338 e. The zero-order chi connectivity index (χ0) is 14.0. The van der Waals surface area contributed by atoms with E-state index in [0.717, 1.165) is 51.9 Å². The molecule has 1 spiro atoms. The number of benzene rings is 1. The summed E-state index contributed by atoms with van der Waals surface area (Å²) in [7, 11) is 0. The summed E-state index contributed by atoms with van der Waals surface area (Å²) in [6.45, 7) is 5.72. The van der Waals surface area contributed by atoms with Crippen molar-refractivity contribution < 1.29 is 4.79 Å². The van der Waals surface area contributed by atoms with Crippen molar-refractivity contribution in [1.29, 1.82) is 0 Å². The van der Waals surface area contributed by atoms with Crippen LogP contribution in [0.25, 0.3) is 0 Å². The molecule has 2 saturated heterocycles. The lowest BCUT2D eigenvalue weighted by Gasteiger charge is -2.44. The topological polar surface area (TPSA) is 32.3 Å². The minimum atomic E-state index is -0.111. The number of hydrogen-bond donors (Lipinski definition) is 1. The van der Waals surface area contributed by atoms with E-state index in [4.69, 9.17) is 0 Å². The largest absolute Gasteiger partial charge is 0.338 e. The first kappa shape index (κ1) is 16.3. The molecule has 0 aliphatic carbocycles. The van der Waals surface area contributed by atoms with Gasteiger partial charge < -0.3 is 10.2 Å². The molecule has 1 aromatic carbocycles. The molecule has 1 atom stereocenters. The smallest absolute Gasteiger partial charge is 0.230 e. The van der Waals surface area contributed by atoms with Gasteiger partial charge in [0.15, 0.2) is 0 Å². The van der Waals surface area contributed by atoms with Crippen molar-refractivity contribution in [3.05, 3.63) is 35.4 Å². The fourth-order valence-corrected chi connectivity index (χ4v) is 3.70. The fraction of sp³-hybridized carbons (Fsp3) is 0.588. The highest BCUT2D eigenvalue weighted by Gasteiger charge is 2.44. The van der Waals surface area contributed by atoms with Crippen molar-refractivity contribution in [2.24, 2.45) is 5.41 Å². The molecule has 1 aromatic rings. The van der Waals surface area contributed by atoms with E-state index in [2.05, 4.69) is 41.4 Å². The normalized spacial score (nSPS) is 25.8. The molecule has 2 aliphatic rings. The first-order chi connectivity index (χ1) is 9.70. The number of amides is 1. The highest BCUT2D eigenvalue weighted by molar-refractivity contribution is 5.85. The number of carbonyl (C=O) groups is 1. The van der Waals surface area contributed by atoms with Crippen molar-refractivity contribution in [2.75, 3.05) is 19.6 Å². The lowest BCUT2D eigenvalue weighted by molar-refractivity contribution is -0.148. The van der Waals surface area contributed by atoms with Crippen LogP contribution in [-0.2, 0) is 11.3 Å². The summed E-state index contributed by atoms with van der Waals surface area (Å²) in [6, 6.07) is 8.50. The first-order valence-corrected chi connectivity index (χ1v) is 7.75. The lowest BCUT2D eigenvalue weighted by atomic mass is 9.73. The van der Waals surface area contributed by atoms with Gasteiger partial charge in [0.25, 0.3) is 0 Å². The van der Waals surface area contributed by atoms with E-state index in [0.29, 0.717) is 5.91 Å². The maximum atomic E-state index is 12.9. The molecule has 2 heterocycles. The minimum absolute atomic E-state index is 0. The number of aryl methyl sites for hydroxylation is 1. The van der Waals surface area contributed by atoms with Crippen molar-refractivity contribution >= 4 is 18.3 Å². The molecular formula is C17H25ClN2O. The number of halogens is 1. The highest BCUT2D eigenvalue weighted by Crippen LogP contribution is 2.37. The Kier molecular flexibility index (Phi) is 5.28. The van der Waals surface area contributed by atoms with Crippen molar-refractivity contribution in [2.45, 2.75) is 39.2 Å². The Bertz CT molecular complexity index is 492. The van der Waals surface area contributed by atoms with Gasteiger partial charge in [-0.2, -0.15) is 0 Å². The van der Waals surface area contributed by atoms with Gasteiger partial charge in [-0.3, -0.25) is 4.79 Å². The number of likely N-dealkylation sites (tertiary alicyclic amines) is 1. The second kappa shape index (κ2) is 6.80. The Hall–Kier alpha value is -1.06. The number of hydrogen-bond acceptors (Lipinski definition) is 2. The van der Waals surface area contributed by atoms with Gasteiger partial charge in [-0.1, -0.05) is 29.8 Å². The van der Waals surface area contributed by atoms with E-state index in [-0.39, 0.29) is 17.8 Å². The summed E-state index contributed by atoms with van der Waals surface area (Å²) in [5.41, 5.74) is 2.40. The molecule has 3 rings (SSSR count). The van der Waals surface area contributed by atoms with Crippen LogP contribution in [0, 0.1) is 12.3 Å². The molecular weight excluding hydrogens is 284 g/mol. The molecule has 116 valence electrons. The SMILES string of the molecule is Cc1cccc(CN2CCCC3(CCCNC3)C2=O)c1.Cl. The van der Waals surface area contributed by atoms with Crippen LogP contribution in [0.15, 0.2) is 24.3 Å². The van der Waals surface area contributed by atoms with Crippen LogP contribution >= 0.6 is 12.4 Å². The second-order valence-corrected chi connectivity index (χ2v) is 6.38. The third-order valence-electron chi connectivity index (χ3n) is 4.75. The summed E-state index contributed by atoms with van der Waals surface area (Å²) in [4.78, 5) is 15.0. The van der Waals surface area contributed by atoms with E-state index in [1.54, 1.807) is 0 Å². The van der Waals surface area contributed by atoms with Crippen molar-refractivity contribution in [1.82, 2.24) is 10.2 Å². The third kappa shape index (κ3) is 3.41. The number of nitrogens with zero attached hydrogens (tertiary/aromatic N) is 1. The molecule has 4 heteroatoms. The van der Waals surface area contributed by atoms with E-state index < -0.39 is 0 Å². The van der Waals surface area contributed by atoms with Gasteiger partial charge in [-0.25, -0.2) is 0 Å². The zero-order valence-corrected chi connectivity index (χ0v) is 13.5. The van der Waals surface area contributed by atoms with Crippen LogP contribution in [0.1, 0.15) is 36.8 Å². The van der Waals surface area contributed by atoms with Crippen LogP contribution < -0.4 is 5.32 Å². The number of piperidine rings is 2. The Morgan fingerprint density at radius 3 is 2.81 bits per heavy atom. The van der Waals surface area contributed by atoms with Gasteiger partial charge >= 0.3 is 0 Å². The Balaban J connectivity index is 0.00000161. The summed E-state index contributed by atoms with van der Waals surface area (Å²) >= 11 is 0. The van der Waals surface area contributed by atoms with Gasteiger partial charge in [0.05, 0.1) is 5.41 Å². The van der Waals surface area contributed by atoms with Crippen molar-refractivity contribution in [3.63, 3.8) is 0 Å². The number of carbonyl (C=O) groups excluding carboxylic acids is 1. The Labute approximate surface area is 133 Å². The zero-order valence-electron chi connectivity index (χ0n) is 12.7. The van der Waals surface area contributed by atoms with E-state index in [1.165, 1.54) is 11.1 Å². The lowest BCUT2D eigenvalue weighted by Crippen LogP contribution is -2.54. The predicted octanol–water partition coefficient (Wildman–Crippen LogP) is 2.91. The van der Waals surface area contributed by atoms with E-state index in [9.17, 15) is 4.79 Å². The second-order valence-electron chi connectivity index (χ2n) is 6.38. The Morgan fingerprint density at radius 2 is 2.10 bits per heavy atom. The van der Waals surface area contributed by atoms with Gasteiger partial charge in [0, 0.05) is 19.6 Å². The number of nitrogens with one attached hydrogen (secondary N) is 1. The van der Waals surface area contributed by atoms with E-state index in [1.807, 2.05) is 0 Å². The van der Waals surface area contributed by atoms with Gasteiger partial charge in [-0.15, -0.1) is 12.4 Å². The summed E-state index contributed by atoms with van der Waals surface area (Å²) in [6.07, 6.45) is 4.38. The van der Waals surface area contributed by atoms with Crippen LogP contribution in [0.2, 0.25) is 0 Å². The molecule has 2 fully saturated rings. The molecule has 1 unspecified atom stereocenters. The predicted molar refractivity (Wildman–Crippen MR) is 87.6 cm³/mol. The third-order valence-corrected chi connectivity index (χ3v) is 4.75. The quantitative estimate of drug-likeness (QED) is 0.911. The standard InChI is InChI=1S/C17H24N2O.ClH/c1-14-5-2-6-15(11-14)12-19-10-4-8-17(16(19)20)7-3-9-18-13-17;/h2,5-6,11,18H,3-4,7-10,12-13H2,1H3;1H. The van der Waals surface area contributed by atoms with Gasteiger partial charge in [0.1, 0.15) is 0 Å². The van der Waals surface area contributed by atoms with Crippen LogP contribution in [0.3, 0.4) is 0 Å². The molecule has 3 nitrogen and oxygen atoms in total. The molecule has 0 radical (unpaired) electrons.